The van der Waals surface area contributed by atoms with Gasteiger partial charge in [0.15, 0.2) is 0 Å². The summed E-state index contributed by atoms with van der Waals surface area (Å²) >= 11 is 0. The highest BCUT2D eigenvalue weighted by molar-refractivity contribution is 5.84. The summed E-state index contributed by atoms with van der Waals surface area (Å²) in [5, 5.41) is 3.35. The van der Waals surface area contributed by atoms with Crippen molar-refractivity contribution in [2.75, 3.05) is 13.2 Å². The molecule has 4 heteroatoms. The van der Waals surface area contributed by atoms with Crippen molar-refractivity contribution < 1.29 is 9.53 Å². The van der Waals surface area contributed by atoms with E-state index in [0.717, 1.165) is 25.1 Å². The Kier molecular flexibility index (Phi) is 3.97. The van der Waals surface area contributed by atoms with Crippen molar-refractivity contribution in [2.24, 2.45) is 0 Å². The van der Waals surface area contributed by atoms with E-state index in [1.165, 1.54) is 0 Å². The first-order valence-electron chi connectivity index (χ1n) is 6.47. The standard InChI is InChI=1S/C14H20N2O2/c1-11(2)15-9-6-14(7-10-18-13(14)17)12-5-3-4-8-16-12/h3-5,8,11,15H,6-7,9-10H2,1-2H3. The van der Waals surface area contributed by atoms with Gasteiger partial charge in [0.2, 0.25) is 0 Å². The molecule has 1 aliphatic rings. The zero-order chi connectivity index (χ0) is 13.0. The molecule has 18 heavy (non-hydrogen) atoms. The fourth-order valence-electron chi connectivity index (χ4n) is 2.37. The number of pyridine rings is 1. The fraction of sp³-hybridized carbons (Fsp3) is 0.571. The van der Waals surface area contributed by atoms with Crippen molar-refractivity contribution in [3.8, 4) is 0 Å². The highest BCUT2D eigenvalue weighted by Crippen LogP contribution is 2.36. The van der Waals surface area contributed by atoms with E-state index < -0.39 is 5.41 Å². The minimum absolute atomic E-state index is 0.133. The first kappa shape index (κ1) is 13.0. The molecule has 1 aromatic rings. The Morgan fingerprint density at radius 2 is 2.33 bits per heavy atom. The van der Waals surface area contributed by atoms with Gasteiger partial charge in [0.1, 0.15) is 5.41 Å². The van der Waals surface area contributed by atoms with Crippen LogP contribution in [0.2, 0.25) is 0 Å². The summed E-state index contributed by atoms with van der Waals surface area (Å²) in [6.07, 6.45) is 3.20. The van der Waals surface area contributed by atoms with Crippen molar-refractivity contribution >= 4 is 5.97 Å². The van der Waals surface area contributed by atoms with E-state index in [2.05, 4.69) is 24.1 Å². The smallest absolute Gasteiger partial charge is 0.318 e. The molecule has 0 aliphatic carbocycles. The van der Waals surface area contributed by atoms with Crippen LogP contribution in [0.25, 0.3) is 0 Å². The zero-order valence-electron chi connectivity index (χ0n) is 11.0. The predicted molar refractivity (Wildman–Crippen MR) is 69.2 cm³/mol. The number of nitrogens with one attached hydrogen (secondary N) is 1. The minimum Gasteiger partial charge on any atom is -0.465 e. The number of esters is 1. The summed E-state index contributed by atoms with van der Waals surface area (Å²) in [4.78, 5) is 16.4. The van der Waals surface area contributed by atoms with E-state index >= 15 is 0 Å². The second kappa shape index (κ2) is 5.48. The maximum atomic E-state index is 12.1. The lowest BCUT2D eigenvalue weighted by molar-refractivity contribution is -0.143. The highest BCUT2D eigenvalue weighted by Gasteiger charge is 2.46. The molecule has 1 atom stereocenters. The molecule has 0 bridgehead atoms. The minimum atomic E-state index is -0.552. The monoisotopic (exact) mass is 248 g/mol. The number of carbonyl (C=O) groups excluding carboxylic acids is 1. The third-order valence-corrected chi connectivity index (χ3v) is 3.41. The second-order valence-electron chi connectivity index (χ2n) is 5.04. The SMILES string of the molecule is CC(C)NCCC1(c2ccccn2)CCOC1=O. The number of carbonyl (C=O) groups is 1. The quantitative estimate of drug-likeness (QED) is 0.805. The second-order valence-corrected chi connectivity index (χ2v) is 5.04. The van der Waals surface area contributed by atoms with Gasteiger partial charge in [0.25, 0.3) is 0 Å². The van der Waals surface area contributed by atoms with E-state index in [9.17, 15) is 4.79 Å². The number of hydrogen-bond donors (Lipinski definition) is 1. The molecule has 4 nitrogen and oxygen atoms in total. The Morgan fingerprint density at radius 3 is 2.89 bits per heavy atom. The maximum Gasteiger partial charge on any atom is 0.318 e. The van der Waals surface area contributed by atoms with Crippen LogP contribution in [0.4, 0.5) is 0 Å². The summed E-state index contributed by atoms with van der Waals surface area (Å²) in [6.45, 7) is 5.49. The van der Waals surface area contributed by atoms with Crippen LogP contribution in [0.1, 0.15) is 32.4 Å². The third kappa shape index (κ3) is 2.53. The Morgan fingerprint density at radius 1 is 1.50 bits per heavy atom. The highest BCUT2D eigenvalue weighted by atomic mass is 16.5. The number of aromatic nitrogens is 1. The van der Waals surface area contributed by atoms with Gasteiger partial charge in [0.05, 0.1) is 12.3 Å². The summed E-state index contributed by atoms with van der Waals surface area (Å²) in [7, 11) is 0. The lowest BCUT2D eigenvalue weighted by atomic mass is 9.79. The molecular weight excluding hydrogens is 228 g/mol. The summed E-state index contributed by atoms with van der Waals surface area (Å²) < 4.78 is 5.17. The van der Waals surface area contributed by atoms with Gasteiger partial charge in [-0.05, 0) is 25.1 Å². The predicted octanol–water partition coefficient (Wildman–Crippen LogP) is 1.65. The Labute approximate surface area is 108 Å². The van der Waals surface area contributed by atoms with Crippen molar-refractivity contribution in [3.05, 3.63) is 30.1 Å². The van der Waals surface area contributed by atoms with Gasteiger partial charge < -0.3 is 10.1 Å². The van der Waals surface area contributed by atoms with E-state index in [4.69, 9.17) is 4.74 Å². The van der Waals surface area contributed by atoms with Crippen LogP contribution in [-0.4, -0.2) is 30.1 Å². The molecule has 0 saturated carbocycles. The summed E-state index contributed by atoms with van der Waals surface area (Å²) in [6, 6.07) is 6.13. The van der Waals surface area contributed by atoms with E-state index in [1.807, 2.05) is 18.2 Å². The van der Waals surface area contributed by atoms with Gasteiger partial charge in [-0.3, -0.25) is 9.78 Å². The fourth-order valence-corrected chi connectivity index (χ4v) is 2.37. The van der Waals surface area contributed by atoms with Gasteiger partial charge in [-0.2, -0.15) is 0 Å². The first-order chi connectivity index (χ1) is 8.65. The molecular formula is C14H20N2O2. The number of nitrogens with zero attached hydrogens (tertiary/aromatic N) is 1. The Bertz CT molecular complexity index is 406. The molecule has 1 aliphatic heterocycles. The zero-order valence-corrected chi connectivity index (χ0v) is 11.0. The van der Waals surface area contributed by atoms with Crippen LogP contribution in [-0.2, 0) is 14.9 Å². The third-order valence-electron chi connectivity index (χ3n) is 3.41. The summed E-state index contributed by atoms with van der Waals surface area (Å²) in [5.74, 6) is -0.133. The van der Waals surface area contributed by atoms with Crippen molar-refractivity contribution in [3.63, 3.8) is 0 Å². The van der Waals surface area contributed by atoms with E-state index in [0.29, 0.717) is 12.6 Å². The van der Waals surface area contributed by atoms with Crippen LogP contribution in [0, 0.1) is 0 Å². The van der Waals surface area contributed by atoms with Crippen molar-refractivity contribution in [1.29, 1.82) is 0 Å². The topological polar surface area (TPSA) is 51.2 Å². The molecule has 0 aromatic carbocycles. The molecule has 1 unspecified atom stereocenters. The average molecular weight is 248 g/mol. The molecule has 0 spiro atoms. The van der Waals surface area contributed by atoms with Crippen LogP contribution >= 0.6 is 0 Å². The average Bonchev–Trinajstić information content (AvgIpc) is 2.73. The van der Waals surface area contributed by atoms with Crippen LogP contribution in [0.5, 0.6) is 0 Å². The number of cyclic esters (lactones) is 1. The first-order valence-corrected chi connectivity index (χ1v) is 6.47. The molecule has 2 heterocycles. The Hall–Kier alpha value is -1.42. The molecule has 2 rings (SSSR count). The van der Waals surface area contributed by atoms with Gasteiger partial charge >= 0.3 is 5.97 Å². The van der Waals surface area contributed by atoms with Gasteiger partial charge in [-0.1, -0.05) is 19.9 Å². The maximum absolute atomic E-state index is 12.1. The molecule has 1 saturated heterocycles. The number of rotatable bonds is 5. The van der Waals surface area contributed by atoms with Gasteiger partial charge in [-0.25, -0.2) is 0 Å². The molecule has 98 valence electrons. The lowest BCUT2D eigenvalue weighted by Crippen LogP contribution is -2.37. The molecule has 1 aromatic heterocycles. The van der Waals surface area contributed by atoms with Crippen LogP contribution < -0.4 is 5.32 Å². The van der Waals surface area contributed by atoms with E-state index in [-0.39, 0.29) is 5.97 Å². The normalized spacial score (nSPS) is 23.4. The number of ether oxygens (including phenoxy) is 1. The van der Waals surface area contributed by atoms with Crippen molar-refractivity contribution in [2.45, 2.75) is 38.1 Å². The van der Waals surface area contributed by atoms with E-state index in [1.54, 1.807) is 6.20 Å². The molecule has 0 radical (unpaired) electrons. The number of hydrogen-bond acceptors (Lipinski definition) is 4. The van der Waals surface area contributed by atoms with Gasteiger partial charge in [0, 0.05) is 18.7 Å². The molecule has 1 N–H and O–H groups in total. The Balaban J connectivity index is 2.17. The van der Waals surface area contributed by atoms with Gasteiger partial charge in [-0.15, -0.1) is 0 Å². The lowest BCUT2D eigenvalue weighted by Gasteiger charge is -2.24. The van der Waals surface area contributed by atoms with Crippen molar-refractivity contribution in [1.82, 2.24) is 10.3 Å². The summed E-state index contributed by atoms with van der Waals surface area (Å²) in [5.41, 5.74) is 0.279. The molecule has 0 amide bonds. The van der Waals surface area contributed by atoms with Crippen LogP contribution in [0.15, 0.2) is 24.4 Å². The molecule has 1 fully saturated rings. The largest absolute Gasteiger partial charge is 0.465 e. The van der Waals surface area contributed by atoms with Crippen LogP contribution in [0.3, 0.4) is 0 Å².